The molecule has 0 unspecified atom stereocenters. The third kappa shape index (κ3) is 3.86. The number of nitrogens with one attached hydrogen (secondary N) is 1. The minimum Gasteiger partial charge on any atom is -0.508 e. The van der Waals surface area contributed by atoms with Crippen LogP contribution in [0.15, 0.2) is 54.0 Å². The zero-order valence-corrected chi connectivity index (χ0v) is 17.5. The standard InChI is InChI=1S/C17H14N4OS.2BrH/c1-11-16(21-9-3-2-4-15(21)18-11)14-10-23-17(20-14)19-12-5-7-13(22)8-6-12;;/h2-10,22H,1H3,(H,19,20);2*1H. The third-order valence-electron chi connectivity index (χ3n) is 3.57. The van der Waals surface area contributed by atoms with Crippen LogP contribution in [0.4, 0.5) is 10.8 Å². The number of aromatic hydroxyl groups is 1. The van der Waals surface area contributed by atoms with E-state index in [0.717, 1.165) is 33.5 Å². The predicted molar refractivity (Wildman–Crippen MR) is 113 cm³/mol. The average Bonchev–Trinajstić information content (AvgIpc) is 3.12. The molecule has 5 nitrogen and oxygen atoms in total. The summed E-state index contributed by atoms with van der Waals surface area (Å²) in [5, 5.41) is 15.4. The van der Waals surface area contributed by atoms with Crippen LogP contribution in [0.1, 0.15) is 5.69 Å². The van der Waals surface area contributed by atoms with Crippen molar-refractivity contribution in [2.75, 3.05) is 5.32 Å². The van der Waals surface area contributed by atoms with Gasteiger partial charge >= 0.3 is 0 Å². The molecule has 3 aromatic heterocycles. The predicted octanol–water partition coefficient (Wildman–Crippen LogP) is 5.37. The summed E-state index contributed by atoms with van der Waals surface area (Å²) in [6, 6.07) is 12.9. The molecule has 0 saturated carbocycles. The second-order valence-electron chi connectivity index (χ2n) is 5.18. The van der Waals surface area contributed by atoms with E-state index in [2.05, 4.69) is 19.7 Å². The Kier molecular flexibility index (Phi) is 6.21. The summed E-state index contributed by atoms with van der Waals surface area (Å²) >= 11 is 1.54. The lowest BCUT2D eigenvalue weighted by atomic mass is 10.3. The molecule has 4 aromatic rings. The van der Waals surface area contributed by atoms with Crippen molar-refractivity contribution in [3.8, 4) is 17.1 Å². The highest BCUT2D eigenvalue weighted by Crippen LogP contribution is 2.30. The normalized spacial score (nSPS) is 10.1. The highest BCUT2D eigenvalue weighted by atomic mass is 79.9. The minimum absolute atomic E-state index is 0. The summed E-state index contributed by atoms with van der Waals surface area (Å²) in [6.45, 7) is 1.99. The average molecular weight is 484 g/mol. The lowest BCUT2D eigenvalue weighted by molar-refractivity contribution is 0.475. The summed E-state index contributed by atoms with van der Waals surface area (Å²) < 4.78 is 2.05. The molecule has 0 radical (unpaired) electrons. The highest BCUT2D eigenvalue weighted by Gasteiger charge is 2.13. The number of thiazole rings is 1. The van der Waals surface area contributed by atoms with E-state index in [0.29, 0.717) is 0 Å². The molecule has 0 saturated heterocycles. The number of hydrogen-bond donors (Lipinski definition) is 2. The fraction of sp³-hybridized carbons (Fsp3) is 0.0588. The first-order valence-electron chi connectivity index (χ1n) is 7.16. The summed E-state index contributed by atoms with van der Waals surface area (Å²) in [7, 11) is 0. The molecule has 0 spiro atoms. The van der Waals surface area contributed by atoms with E-state index >= 15 is 0 Å². The number of halogens is 2. The fourth-order valence-corrected chi connectivity index (χ4v) is 3.25. The van der Waals surface area contributed by atoms with E-state index in [1.165, 1.54) is 11.3 Å². The number of nitrogens with zero attached hydrogens (tertiary/aromatic N) is 3. The van der Waals surface area contributed by atoms with Gasteiger partial charge in [-0.1, -0.05) is 6.07 Å². The van der Waals surface area contributed by atoms with Gasteiger partial charge in [0.15, 0.2) is 5.13 Å². The summed E-state index contributed by atoms with van der Waals surface area (Å²) in [4.78, 5) is 9.24. The molecule has 0 aliphatic heterocycles. The number of phenols is 1. The molecule has 130 valence electrons. The molecule has 0 aliphatic rings. The van der Waals surface area contributed by atoms with Crippen LogP contribution in [0, 0.1) is 6.92 Å². The summed E-state index contributed by atoms with van der Waals surface area (Å²) in [5.74, 6) is 0.247. The highest BCUT2D eigenvalue weighted by molar-refractivity contribution is 8.93. The first-order valence-corrected chi connectivity index (χ1v) is 8.04. The van der Waals surface area contributed by atoms with Gasteiger partial charge in [-0.2, -0.15) is 0 Å². The van der Waals surface area contributed by atoms with E-state index < -0.39 is 0 Å². The van der Waals surface area contributed by atoms with Gasteiger partial charge in [0, 0.05) is 17.3 Å². The maximum atomic E-state index is 9.33. The van der Waals surface area contributed by atoms with Crippen molar-refractivity contribution in [2.45, 2.75) is 6.92 Å². The van der Waals surface area contributed by atoms with Crippen molar-refractivity contribution in [1.82, 2.24) is 14.4 Å². The molecular formula is C17H16Br2N4OS. The molecule has 0 amide bonds. The molecule has 8 heteroatoms. The van der Waals surface area contributed by atoms with E-state index in [1.54, 1.807) is 12.1 Å². The number of fused-ring (bicyclic) bond motifs is 1. The Balaban J connectivity index is 0.00000113. The number of phenolic OH excluding ortho intramolecular Hbond substituents is 1. The topological polar surface area (TPSA) is 62.5 Å². The molecule has 25 heavy (non-hydrogen) atoms. The number of hydrogen-bond acceptors (Lipinski definition) is 5. The van der Waals surface area contributed by atoms with Crippen molar-refractivity contribution in [3.05, 3.63) is 59.7 Å². The minimum atomic E-state index is 0. The Labute approximate surface area is 169 Å². The molecule has 4 rings (SSSR count). The van der Waals surface area contributed by atoms with E-state index in [-0.39, 0.29) is 39.7 Å². The Morgan fingerprint density at radius 2 is 1.80 bits per heavy atom. The van der Waals surface area contributed by atoms with Crippen molar-refractivity contribution >= 4 is 61.8 Å². The fourth-order valence-electron chi connectivity index (χ4n) is 2.53. The maximum absolute atomic E-state index is 9.33. The SMILES string of the molecule is Br.Br.Cc1nc2ccccn2c1-c1csc(Nc2ccc(O)cc2)n1. The zero-order valence-electron chi connectivity index (χ0n) is 13.2. The summed E-state index contributed by atoms with van der Waals surface area (Å²) in [5.41, 5.74) is 4.67. The van der Waals surface area contributed by atoms with Gasteiger partial charge in [0.1, 0.15) is 17.1 Å². The van der Waals surface area contributed by atoms with Gasteiger partial charge in [-0.05, 0) is 43.3 Å². The van der Waals surface area contributed by atoms with Crippen LogP contribution >= 0.6 is 45.3 Å². The van der Waals surface area contributed by atoms with Crippen molar-refractivity contribution < 1.29 is 5.11 Å². The van der Waals surface area contributed by atoms with Gasteiger partial charge in [0.05, 0.1) is 11.4 Å². The van der Waals surface area contributed by atoms with Crippen LogP contribution in [0.3, 0.4) is 0 Å². The van der Waals surface area contributed by atoms with Crippen LogP contribution in [-0.2, 0) is 0 Å². The molecule has 3 heterocycles. The molecule has 0 fully saturated rings. The molecule has 0 aliphatic carbocycles. The number of pyridine rings is 1. The van der Waals surface area contributed by atoms with Crippen LogP contribution in [-0.4, -0.2) is 19.5 Å². The summed E-state index contributed by atoms with van der Waals surface area (Å²) in [6.07, 6.45) is 2.00. The van der Waals surface area contributed by atoms with Gasteiger partial charge in [0.2, 0.25) is 0 Å². The van der Waals surface area contributed by atoms with Crippen LogP contribution in [0.5, 0.6) is 5.75 Å². The Morgan fingerprint density at radius 1 is 1.04 bits per heavy atom. The smallest absolute Gasteiger partial charge is 0.187 e. The van der Waals surface area contributed by atoms with Crippen molar-refractivity contribution in [3.63, 3.8) is 0 Å². The van der Waals surface area contributed by atoms with Gasteiger partial charge < -0.3 is 10.4 Å². The second-order valence-corrected chi connectivity index (χ2v) is 6.04. The number of anilines is 2. The van der Waals surface area contributed by atoms with Gasteiger partial charge in [0.25, 0.3) is 0 Å². The number of aromatic nitrogens is 3. The Bertz CT molecular complexity index is 982. The Hall–Kier alpha value is -1.90. The molecule has 0 bridgehead atoms. The zero-order chi connectivity index (χ0) is 15.8. The van der Waals surface area contributed by atoms with Gasteiger partial charge in [-0.15, -0.1) is 45.3 Å². The van der Waals surface area contributed by atoms with Crippen molar-refractivity contribution in [2.24, 2.45) is 0 Å². The number of rotatable bonds is 3. The molecule has 1 aromatic carbocycles. The van der Waals surface area contributed by atoms with Crippen LogP contribution < -0.4 is 5.32 Å². The van der Waals surface area contributed by atoms with Crippen LogP contribution in [0.2, 0.25) is 0 Å². The first kappa shape index (κ1) is 19.4. The molecular weight excluding hydrogens is 468 g/mol. The third-order valence-corrected chi connectivity index (χ3v) is 4.33. The first-order chi connectivity index (χ1) is 11.2. The van der Waals surface area contributed by atoms with E-state index in [9.17, 15) is 5.11 Å². The molecule has 2 N–H and O–H groups in total. The van der Waals surface area contributed by atoms with E-state index in [4.69, 9.17) is 0 Å². The lowest BCUT2D eigenvalue weighted by Crippen LogP contribution is -1.91. The van der Waals surface area contributed by atoms with E-state index in [1.807, 2.05) is 48.8 Å². The van der Waals surface area contributed by atoms with Gasteiger partial charge in [-0.3, -0.25) is 4.40 Å². The monoisotopic (exact) mass is 482 g/mol. The second kappa shape index (κ2) is 7.99. The largest absolute Gasteiger partial charge is 0.508 e. The number of imidazole rings is 1. The number of benzene rings is 1. The van der Waals surface area contributed by atoms with Crippen molar-refractivity contribution in [1.29, 1.82) is 0 Å². The van der Waals surface area contributed by atoms with Gasteiger partial charge in [-0.25, -0.2) is 9.97 Å². The number of aryl methyl sites for hydroxylation is 1. The lowest BCUT2D eigenvalue weighted by Gasteiger charge is -2.02. The quantitative estimate of drug-likeness (QED) is 0.384. The Morgan fingerprint density at radius 3 is 2.56 bits per heavy atom. The molecule has 0 atom stereocenters. The maximum Gasteiger partial charge on any atom is 0.187 e. The van der Waals surface area contributed by atoms with Crippen LogP contribution in [0.25, 0.3) is 17.0 Å².